The number of hydrogen-bond donors (Lipinski definition) is 0. The summed E-state index contributed by atoms with van der Waals surface area (Å²) in [6.45, 7) is 0. The maximum atomic E-state index is 13.1. The summed E-state index contributed by atoms with van der Waals surface area (Å²) >= 11 is 1.46. The maximum Gasteiger partial charge on any atom is 0.362 e. The first-order valence-corrected chi connectivity index (χ1v) is 10.0. The van der Waals surface area contributed by atoms with Crippen molar-refractivity contribution < 1.29 is 19.1 Å². The van der Waals surface area contributed by atoms with Crippen molar-refractivity contribution in [1.82, 2.24) is 20.2 Å². The zero-order valence-electron chi connectivity index (χ0n) is 16.3. The molecule has 0 unspecified atom stereocenters. The summed E-state index contributed by atoms with van der Waals surface area (Å²) in [5.74, 6) is -0.452. The van der Waals surface area contributed by atoms with Crippen LogP contribution in [-0.2, 0) is 9.53 Å². The van der Waals surface area contributed by atoms with Gasteiger partial charge in [-0.2, -0.15) is 4.68 Å². The summed E-state index contributed by atoms with van der Waals surface area (Å²) in [4.78, 5) is 25.5. The third kappa shape index (κ3) is 4.57. The van der Waals surface area contributed by atoms with Crippen molar-refractivity contribution in [2.75, 3.05) is 7.11 Å². The highest BCUT2D eigenvalue weighted by molar-refractivity contribution is 7.10. The third-order valence-electron chi connectivity index (χ3n) is 4.25. The lowest BCUT2D eigenvalue weighted by Crippen LogP contribution is -2.17. The summed E-state index contributed by atoms with van der Waals surface area (Å²) in [5, 5.41) is 13.7. The van der Waals surface area contributed by atoms with E-state index in [4.69, 9.17) is 4.74 Å². The molecule has 8 nitrogen and oxygen atoms in total. The third-order valence-corrected chi connectivity index (χ3v) is 5.07. The van der Waals surface area contributed by atoms with Gasteiger partial charge in [-0.25, -0.2) is 9.59 Å². The number of ether oxygens (including phenoxy) is 2. The number of hydrogen-bond acceptors (Lipinski definition) is 8. The van der Waals surface area contributed by atoms with Gasteiger partial charge < -0.3 is 9.47 Å². The standard InChI is InChI=1S/C22H16N4O4S/c1-29-21(27)16-9-11-17(12-10-16)30-22(28)19(14-18-8-5-13-31-18)26-20(23-24-25-26)15-6-3-2-4-7-15/h2-14H,1H3. The first-order valence-electron chi connectivity index (χ1n) is 9.15. The zero-order valence-corrected chi connectivity index (χ0v) is 17.2. The molecule has 0 aliphatic rings. The second kappa shape index (κ2) is 9.14. The van der Waals surface area contributed by atoms with E-state index in [1.165, 1.54) is 47.4 Å². The van der Waals surface area contributed by atoms with Crippen LogP contribution in [-0.4, -0.2) is 39.3 Å². The van der Waals surface area contributed by atoms with Gasteiger partial charge in [0.1, 0.15) is 5.75 Å². The van der Waals surface area contributed by atoms with E-state index in [0.29, 0.717) is 11.4 Å². The molecule has 2 heterocycles. The predicted molar refractivity (Wildman–Crippen MR) is 115 cm³/mol. The van der Waals surface area contributed by atoms with E-state index < -0.39 is 11.9 Å². The number of tetrazole rings is 1. The largest absolute Gasteiger partial charge is 0.465 e. The van der Waals surface area contributed by atoms with E-state index >= 15 is 0 Å². The van der Waals surface area contributed by atoms with Crippen LogP contribution in [0.2, 0.25) is 0 Å². The van der Waals surface area contributed by atoms with Gasteiger partial charge in [0.2, 0.25) is 0 Å². The van der Waals surface area contributed by atoms with Crippen molar-refractivity contribution in [2.45, 2.75) is 0 Å². The van der Waals surface area contributed by atoms with Crippen LogP contribution in [0.15, 0.2) is 72.1 Å². The average molecular weight is 432 g/mol. The van der Waals surface area contributed by atoms with Crippen molar-refractivity contribution in [3.05, 3.63) is 82.6 Å². The number of nitrogens with zero attached hydrogens (tertiary/aromatic N) is 4. The minimum atomic E-state index is -0.649. The van der Waals surface area contributed by atoms with Gasteiger partial charge in [-0.3, -0.25) is 0 Å². The van der Waals surface area contributed by atoms with Crippen LogP contribution in [0.25, 0.3) is 23.2 Å². The fourth-order valence-electron chi connectivity index (χ4n) is 2.77. The number of esters is 2. The predicted octanol–water partition coefficient (Wildman–Crippen LogP) is 3.79. The van der Waals surface area contributed by atoms with Gasteiger partial charge in [0.15, 0.2) is 11.5 Å². The number of thiophene rings is 1. The highest BCUT2D eigenvalue weighted by atomic mass is 32.1. The lowest BCUT2D eigenvalue weighted by Gasteiger charge is -2.10. The number of carbonyl (C=O) groups excluding carboxylic acids is 2. The quantitative estimate of drug-likeness (QED) is 0.260. The molecule has 2 aromatic carbocycles. The summed E-state index contributed by atoms with van der Waals surface area (Å²) < 4.78 is 11.6. The van der Waals surface area contributed by atoms with Crippen LogP contribution in [0.5, 0.6) is 5.75 Å². The molecular formula is C22H16N4O4S. The SMILES string of the molecule is COC(=O)c1ccc(OC(=O)C(=Cc2cccs2)n2nnnc2-c2ccccc2)cc1. The van der Waals surface area contributed by atoms with Crippen molar-refractivity contribution in [1.29, 1.82) is 0 Å². The molecule has 31 heavy (non-hydrogen) atoms. The molecule has 0 aliphatic carbocycles. The molecule has 2 aromatic heterocycles. The van der Waals surface area contributed by atoms with E-state index in [-0.39, 0.29) is 11.4 Å². The Labute approximate surface area is 181 Å². The molecule has 4 aromatic rings. The van der Waals surface area contributed by atoms with E-state index in [1.54, 1.807) is 6.08 Å². The molecule has 0 aliphatic heterocycles. The topological polar surface area (TPSA) is 96.2 Å². The molecule has 0 atom stereocenters. The average Bonchev–Trinajstić information content (AvgIpc) is 3.50. The Bertz CT molecular complexity index is 1220. The Balaban J connectivity index is 1.68. The fraction of sp³-hybridized carbons (Fsp3) is 0.0455. The molecule has 154 valence electrons. The van der Waals surface area contributed by atoms with Gasteiger partial charge in [0, 0.05) is 10.4 Å². The highest BCUT2D eigenvalue weighted by Gasteiger charge is 2.21. The van der Waals surface area contributed by atoms with Gasteiger partial charge in [-0.1, -0.05) is 36.4 Å². The molecule has 4 rings (SSSR count). The van der Waals surface area contributed by atoms with E-state index in [0.717, 1.165) is 10.4 Å². The molecule has 0 radical (unpaired) electrons. The van der Waals surface area contributed by atoms with Gasteiger partial charge in [-0.05, 0) is 52.2 Å². The van der Waals surface area contributed by atoms with Crippen LogP contribution < -0.4 is 4.74 Å². The minimum absolute atomic E-state index is 0.142. The minimum Gasteiger partial charge on any atom is -0.465 e. The monoisotopic (exact) mass is 432 g/mol. The summed E-state index contributed by atoms with van der Waals surface area (Å²) in [5.41, 5.74) is 1.24. The Kier molecular flexibility index (Phi) is 5.95. The molecule has 0 fully saturated rings. The van der Waals surface area contributed by atoms with Crippen LogP contribution in [0.1, 0.15) is 15.2 Å². The normalized spacial score (nSPS) is 11.2. The van der Waals surface area contributed by atoms with E-state index in [1.807, 2.05) is 47.8 Å². The van der Waals surface area contributed by atoms with Crippen molar-refractivity contribution in [2.24, 2.45) is 0 Å². The number of aromatic nitrogens is 4. The molecular weight excluding hydrogens is 416 g/mol. The number of benzene rings is 2. The fourth-order valence-corrected chi connectivity index (χ4v) is 3.42. The Morgan fingerprint density at radius 2 is 1.77 bits per heavy atom. The van der Waals surface area contributed by atoms with Crippen LogP contribution in [0, 0.1) is 0 Å². The van der Waals surface area contributed by atoms with Gasteiger partial charge >= 0.3 is 11.9 Å². The Morgan fingerprint density at radius 3 is 2.45 bits per heavy atom. The van der Waals surface area contributed by atoms with E-state index in [2.05, 4.69) is 20.3 Å². The molecule has 0 saturated carbocycles. The number of rotatable bonds is 6. The molecule has 0 N–H and O–H groups in total. The number of carbonyl (C=O) groups is 2. The highest BCUT2D eigenvalue weighted by Crippen LogP contribution is 2.24. The van der Waals surface area contributed by atoms with Crippen LogP contribution in [0.3, 0.4) is 0 Å². The van der Waals surface area contributed by atoms with Crippen LogP contribution >= 0.6 is 11.3 Å². The Morgan fingerprint density at radius 1 is 1.00 bits per heavy atom. The number of methoxy groups -OCH3 is 1. The van der Waals surface area contributed by atoms with E-state index in [9.17, 15) is 9.59 Å². The van der Waals surface area contributed by atoms with Gasteiger partial charge in [0.25, 0.3) is 0 Å². The zero-order chi connectivity index (χ0) is 21.6. The summed E-state index contributed by atoms with van der Waals surface area (Å²) in [6, 6.07) is 19.1. The lowest BCUT2D eigenvalue weighted by atomic mass is 10.2. The first-order chi connectivity index (χ1) is 15.2. The molecule has 0 spiro atoms. The van der Waals surface area contributed by atoms with Gasteiger partial charge in [-0.15, -0.1) is 16.4 Å². The van der Waals surface area contributed by atoms with Crippen LogP contribution in [0.4, 0.5) is 0 Å². The molecule has 9 heteroatoms. The smallest absolute Gasteiger partial charge is 0.362 e. The molecule has 0 amide bonds. The van der Waals surface area contributed by atoms with Crippen molar-refractivity contribution in [3.8, 4) is 17.1 Å². The van der Waals surface area contributed by atoms with Crippen molar-refractivity contribution in [3.63, 3.8) is 0 Å². The first kappa shape index (κ1) is 20.2. The lowest BCUT2D eigenvalue weighted by molar-refractivity contribution is -0.128. The second-order valence-corrected chi connectivity index (χ2v) is 7.21. The maximum absolute atomic E-state index is 13.1. The summed E-state index contributed by atoms with van der Waals surface area (Å²) in [6.07, 6.45) is 1.67. The van der Waals surface area contributed by atoms with Gasteiger partial charge in [0.05, 0.1) is 12.7 Å². The molecule has 0 bridgehead atoms. The second-order valence-electron chi connectivity index (χ2n) is 6.23. The van der Waals surface area contributed by atoms with Crippen molar-refractivity contribution >= 4 is 35.0 Å². The molecule has 0 saturated heterocycles. The Hall–Kier alpha value is -4.11. The summed E-state index contributed by atoms with van der Waals surface area (Å²) in [7, 11) is 1.30.